The summed E-state index contributed by atoms with van der Waals surface area (Å²) in [5, 5.41) is 0. The molecule has 0 spiro atoms. The van der Waals surface area contributed by atoms with Gasteiger partial charge in [0.15, 0.2) is 0 Å². The predicted octanol–water partition coefficient (Wildman–Crippen LogP) is 2.53. The summed E-state index contributed by atoms with van der Waals surface area (Å²) in [4.78, 5) is 0. The number of hydrogen-bond donors (Lipinski definition) is 0. The van der Waals surface area contributed by atoms with Gasteiger partial charge in [-0.25, -0.2) is 0 Å². The molecule has 0 amide bonds. The van der Waals surface area contributed by atoms with Crippen LogP contribution in [-0.4, -0.2) is 0 Å². The molecule has 0 heterocycles. The van der Waals surface area contributed by atoms with Gasteiger partial charge in [0.2, 0.25) is 0 Å². The van der Waals surface area contributed by atoms with E-state index in [4.69, 9.17) is 0 Å². The van der Waals surface area contributed by atoms with Gasteiger partial charge in [0.25, 0.3) is 0 Å². The third kappa shape index (κ3) is 8.91. The Balaban J connectivity index is 2.32. The minimum atomic E-state index is -0.896. The molecule has 0 aliphatic rings. The first-order chi connectivity index (χ1) is 1.73. The van der Waals surface area contributed by atoms with Gasteiger partial charge in [0.05, 0.1) is 0 Å². The second-order valence-corrected chi connectivity index (χ2v) is 23.9. The van der Waals surface area contributed by atoms with E-state index in [1.165, 1.54) is 0 Å². The molecule has 0 aromatic heterocycles. The van der Waals surface area contributed by atoms with Crippen LogP contribution in [0.5, 0.6) is 0 Å². The summed E-state index contributed by atoms with van der Waals surface area (Å²) in [6.45, 7) is 0. The fourth-order valence-electron chi connectivity index (χ4n) is 0. The van der Waals surface area contributed by atoms with Crippen molar-refractivity contribution in [2.75, 3.05) is 0 Å². The summed E-state index contributed by atoms with van der Waals surface area (Å²) in [6.07, 6.45) is 0. The van der Waals surface area contributed by atoms with Crippen molar-refractivity contribution in [1.82, 2.24) is 0 Å². The second-order valence-electron chi connectivity index (χ2n) is 0.214. The van der Waals surface area contributed by atoms with Crippen LogP contribution >= 0.6 is 39.5 Å². The average molecular weight is 288 g/mol. The molecule has 0 rings (SSSR count). The molecule has 0 nitrogen and oxygen atoms in total. The fraction of sp³-hybridized carbons (Fsp3) is 0. The molecule has 4 heteroatoms. The van der Waals surface area contributed by atoms with Gasteiger partial charge < -0.3 is 0 Å². The van der Waals surface area contributed by atoms with Gasteiger partial charge in [0, 0.05) is 0 Å². The van der Waals surface area contributed by atoms with Crippen molar-refractivity contribution in [3.63, 3.8) is 0 Å². The quantitative estimate of drug-likeness (QED) is 0.601. The normalized spacial score (nSPS) is 6.75. The monoisotopic (exact) mass is 285 g/mol. The molecule has 25 valence electrons. The van der Waals surface area contributed by atoms with Crippen LogP contribution in [0.1, 0.15) is 0 Å². The van der Waals surface area contributed by atoms with Gasteiger partial charge in [-0.2, -0.15) is 0 Å². The third-order valence-electron chi connectivity index (χ3n) is 0. The Morgan fingerprint density at radius 1 is 1.00 bits per heavy atom. The van der Waals surface area contributed by atoms with Crippen molar-refractivity contribution in [2.24, 2.45) is 0 Å². The van der Waals surface area contributed by atoms with Crippen molar-refractivity contribution >= 4 is 39.5 Å². The molecule has 0 saturated heterocycles. The number of rotatable bonds is 0. The van der Waals surface area contributed by atoms with E-state index in [2.05, 4.69) is 39.5 Å². The molecule has 4 heavy (non-hydrogen) atoms. The molecule has 0 bridgehead atoms. The summed E-state index contributed by atoms with van der Waals surface area (Å²) in [6, 6.07) is 0. The van der Waals surface area contributed by atoms with E-state index in [0.29, 0.717) is 0 Å². The Bertz CT molecular complexity index is 8.00. The molecule has 0 aliphatic heterocycles. The van der Waals surface area contributed by atoms with E-state index in [-0.39, 0.29) is 0 Å². The van der Waals surface area contributed by atoms with Crippen LogP contribution < -0.4 is 0 Å². The first kappa shape index (κ1) is 6.15. The Hall–Kier alpha value is 2.15. The Kier molecular flexibility index (Phi) is 5.15. The summed E-state index contributed by atoms with van der Waals surface area (Å²) in [5.74, 6) is 0. The van der Waals surface area contributed by atoms with Crippen molar-refractivity contribution in [1.29, 1.82) is 0 Å². The van der Waals surface area contributed by atoms with Crippen LogP contribution in [0.4, 0.5) is 0 Å². The van der Waals surface area contributed by atoms with Gasteiger partial charge in [-0.15, -0.1) is 0 Å². The molecule has 0 atom stereocenters. The van der Waals surface area contributed by atoms with E-state index in [0.717, 1.165) is 0 Å². The van der Waals surface area contributed by atoms with E-state index in [9.17, 15) is 0 Å². The van der Waals surface area contributed by atoms with Crippen molar-refractivity contribution < 1.29 is 11.6 Å². The van der Waals surface area contributed by atoms with Crippen molar-refractivity contribution in [3.8, 4) is 0 Å². The summed E-state index contributed by atoms with van der Waals surface area (Å²) in [5.41, 5.74) is 0. The van der Waals surface area contributed by atoms with Crippen molar-refractivity contribution in [3.05, 3.63) is 0 Å². The Labute approximate surface area is 50.3 Å². The predicted molar refractivity (Wildman–Crippen MR) is 26.8 cm³/mol. The molecule has 0 aromatic carbocycles. The average Bonchev–Trinajstić information content (AvgIpc) is 0.811. The molecule has 0 radical (unpaired) electrons. The fourth-order valence-corrected chi connectivity index (χ4v) is 0. The molecule has 0 N–H and O–H groups in total. The van der Waals surface area contributed by atoms with Gasteiger partial charge >= 0.3 is 51.1 Å². The molecule has 0 unspecified atom stereocenters. The first-order valence-electron chi connectivity index (χ1n) is 0.567. The zero-order valence-electron chi connectivity index (χ0n) is 1.63. The minimum absolute atomic E-state index is 0.896. The van der Waals surface area contributed by atoms with E-state index >= 15 is 0 Å². The van der Waals surface area contributed by atoms with Gasteiger partial charge in [0.1, 0.15) is 0 Å². The third-order valence-corrected chi connectivity index (χ3v) is 0. The molecular formula is Br3Ti. The van der Waals surface area contributed by atoms with E-state index in [1.54, 1.807) is 0 Å². The SMILES string of the molecule is [Br][Ti]([Br])[Br]. The maximum atomic E-state index is 3.27. The van der Waals surface area contributed by atoms with Crippen LogP contribution in [0, 0.1) is 0 Å². The summed E-state index contributed by atoms with van der Waals surface area (Å²) < 4.78 is 0. The first-order valence-corrected chi connectivity index (χ1v) is 12.1. The zero-order chi connectivity index (χ0) is 3.58. The van der Waals surface area contributed by atoms with Crippen LogP contribution in [-0.2, 0) is 11.6 Å². The number of hydrogen-bond acceptors (Lipinski definition) is 0. The summed E-state index contributed by atoms with van der Waals surface area (Å²) in [7, 11) is 0. The Morgan fingerprint density at radius 2 is 1.00 bits per heavy atom. The van der Waals surface area contributed by atoms with E-state index in [1.807, 2.05) is 0 Å². The molecular weight excluding hydrogens is 288 g/mol. The van der Waals surface area contributed by atoms with Crippen LogP contribution in [0.3, 0.4) is 0 Å². The Morgan fingerprint density at radius 3 is 1.00 bits per heavy atom. The standard InChI is InChI=1S/3BrH.Ti/h3*1H;/q;;;+3/p-3. The van der Waals surface area contributed by atoms with Crippen LogP contribution in [0.15, 0.2) is 0 Å². The zero-order valence-corrected chi connectivity index (χ0v) is 7.95. The van der Waals surface area contributed by atoms with Crippen molar-refractivity contribution in [2.45, 2.75) is 0 Å². The molecule has 0 aliphatic carbocycles. The molecule has 0 saturated carbocycles. The maximum absolute atomic E-state index is 3.27. The topological polar surface area (TPSA) is 0 Å². The van der Waals surface area contributed by atoms with E-state index < -0.39 is 11.6 Å². The van der Waals surface area contributed by atoms with Gasteiger partial charge in [-0.1, -0.05) is 0 Å². The summed E-state index contributed by atoms with van der Waals surface area (Å²) >= 11 is 8.92. The van der Waals surface area contributed by atoms with Crippen LogP contribution in [0.2, 0.25) is 0 Å². The molecule has 0 fully saturated rings. The van der Waals surface area contributed by atoms with Gasteiger partial charge in [-0.05, 0) is 0 Å². The van der Waals surface area contributed by atoms with Gasteiger partial charge in [-0.3, -0.25) is 0 Å². The van der Waals surface area contributed by atoms with Crippen LogP contribution in [0.25, 0.3) is 0 Å². The number of halogens is 3. The second kappa shape index (κ2) is 3.35. The molecule has 0 aromatic rings.